The van der Waals surface area contributed by atoms with Crippen molar-refractivity contribution in [3.8, 4) is 0 Å². The Balaban J connectivity index is 1.94. The molecule has 0 spiro atoms. The van der Waals surface area contributed by atoms with E-state index in [1.807, 2.05) is 0 Å². The molecule has 0 heterocycles. The second-order valence-electron chi connectivity index (χ2n) is 7.99. The fourth-order valence-corrected chi connectivity index (χ4v) is 3.94. The maximum Gasteiger partial charge on any atom is 0.308 e. The number of ketones is 2. The van der Waals surface area contributed by atoms with Gasteiger partial charge in [-0.15, -0.1) is 0 Å². The SMILES string of the molecule is CCCCCCCCCCCCC1=C(OC(C)=O)C(=O)c2c(C)cccc2C1=O. The zero-order valence-electron chi connectivity index (χ0n) is 18.1. The van der Waals surface area contributed by atoms with E-state index >= 15 is 0 Å². The molecule has 158 valence electrons. The van der Waals surface area contributed by atoms with Gasteiger partial charge in [0.15, 0.2) is 11.5 Å². The van der Waals surface area contributed by atoms with Gasteiger partial charge in [-0.1, -0.05) is 82.9 Å². The molecule has 0 saturated carbocycles. The summed E-state index contributed by atoms with van der Waals surface area (Å²) in [6.07, 6.45) is 12.4. The van der Waals surface area contributed by atoms with Gasteiger partial charge >= 0.3 is 5.97 Å². The quantitative estimate of drug-likeness (QED) is 0.298. The number of allylic oxidation sites excluding steroid dienone is 2. The Kier molecular flexibility index (Phi) is 9.30. The van der Waals surface area contributed by atoms with Gasteiger partial charge in [0, 0.05) is 23.6 Å². The second-order valence-corrected chi connectivity index (χ2v) is 7.99. The number of ether oxygens (including phenoxy) is 1. The normalized spacial score (nSPS) is 13.6. The summed E-state index contributed by atoms with van der Waals surface area (Å²) in [6, 6.07) is 5.27. The van der Waals surface area contributed by atoms with E-state index in [-0.39, 0.29) is 17.3 Å². The third kappa shape index (κ3) is 6.38. The van der Waals surface area contributed by atoms with E-state index in [0.717, 1.165) is 24.8 Å². The number of esters is 1. The number of Topliss-reactive ketones (excluding diaryl/α,β-unsaturated/α-hetero) is 2. The summed E-state index contributed by atoms with van der Waals surface area (Å²) >= 11 is 0. The number of carbonyl (C=O) groups is 3. The second kappa shape index (κ2) is 11.7. The minimum absolute atomic E-state index is 0.0692. The van der Waals surface area contributed by atoms with Crippen LogP contribution in [0.1, 0.15) is 111 Å². The van der Waals surface area contributed by atoms with Crippen molar-refractivity contribution in [2.24, 2.45) is 0 Å². The molecule has 0 saturated heterocycles. The molecule has 0 unspecified atom stereocenters. The van der Waals surface area contributed by atoms with Crippen molar-refractivity contribution in [1.82, 2.24) is 0 Å². The molecule has 0 atom stereocenters. The van der Waals surface area contributed by atoms with E-state index in [1.54, 1.807) is 25.1 Å². The van der Waals surface area contributed by atoms with Gasteiger partial charge in [-0.3, -0.25) is 14.4 Å². The first kappa shape index (κ1) is 23.1. The van der Waals surface area contributed by atoms with Crippen LogP contribution in [0.15, 0.2) is 29.5 Å². The summed E-state index contributed by atoms with van der Waals surface area (Å²) < 4.78 is 5.21. The molecule has 1 aliphatic rings. The van der Waals surface area contributed by atoms with Crippen LogP contribution < -0.4 is 0 Å². The van der Waals surface area contributed by atoms with Crippen LogP contribution >= 0.6 is 0 Å². The van der Waals surface area contributed by atoms with Gasteiger partial charge in [0.05, 0.1) is 0 Å². The molecule has 1 aliphatic carbocycles. The number of unbranched alkanes of at least 4 members (excludes halogenated alkanes) is 9. The highest BCUT2D eigenvalue weighted by molar-refractivity contribution is 6.27. The third-order valence-electron chi connectivity index (χ3n) is 5.53. The van der Waals surface area contributed by atoms with Crippen molar-refractivity contribution < 1.29 is 19.1 Å². The van der Waals surface area contributed by atoms with E-state index < -0.39 is 5.97 Å². The van der Waals surface area contributed by atoms with Crippen molar-refractivity contribution in [3.63, 3.8) is 0 Å². The van der Waals surface area contributed by atoms with Gasteiger partial charge in [0.2, 0.25) is 5.78 Å². The Hall–Kier alpha value is -2.23. The van der Waals surface area contributed by atoms with Gasteiger partial charge < -0.3 is 4.74 Å². The first-order chi connectivity index (χ1) is 14.0. The largest absolute Gasteiger partial charge is 0.422 e. The highest BCUT2D eigenvalue weighted by atomic mass is 16.5. The lowest BCUT2D eigenvalue weighted by atomic mass is 9.83. The monoisotopic (exact) mass is 398 g/mol. The van der Waals surface area contributed by atoms with Gasteiger partial charge in [0.25, 0.3) is 0 Å². The molecular formula is C25H34O4. The molecule has 0 fully saturated rings. The average molecular weight is 399 g/mol. The van der Waals surface area contributed by atoms with Crippen LogP contribution in [0.25, 0.3) is 0 Å². The number of rotatable bonds is 12. The molecule has 4 heteroatoms. The Bertz CT molecular complexity index is 773. The molecule has 1 aromatic rings. The van der Waals surface area contributed by atoms with Crippen molar-refractivity contribution >= 4 is 17.5 Å². The standard InChI is InChI=1S/C25H34O4/c1-4-5-6-7-8-9-10-11-12-13-16-21-23(27)20-17-14-15-18(2)22(20)24(28)25(21)29-19(3)26/h14-15,17H,4-13,16H2,1-3H3. The lowest BCUT2D eigenvalue weighted by Crippen LogP contribution is -2.25. The van der Waals surface area contributed by atoms with Crippen LogP contribution in [0.2, 0.25) is 0 Å². The van der Waals surface area contributed by atoms with E-state index in [4.69, 9.17) is 4.74 Å². The topological polar surface area (TPSA) is 60.4 Å². The average Bonchev–Trinajstić information content (AvgIpc) is 2.68. The highest BCUT2D eigenvalue weighted by Gasteiger charge is 2.34. The summed E-state index contributed by atoms with van der Waals surface area (Å²) in [5.74, 6) is -1.18. The fourth-order valence-electron chi connectivity index (χ4n) is 3.94. The first-order valence-corrected chi connectivity index (χ1v) is 11.1. The number of carbonyl (C=O) groups excluding carboxylic acids is 3. The maximum absolute atomic E-state index is 13.0. The van der Waals surface area contributed by atoms with Gasteiger partial charge in [-0.25, -0.2) is 0 Å². The summed E-state index contributed by atoms with van der Waals surface area (Å²) in [6.45, 7) is 5.28. The number of benzene rings is 1. The van der Waals surface area contributed by atoms with Crippen molar-refractivity contribution in [3.05, 3.63) is 46.2 Å². The number of hydrogen-bond donors (Lipinski definition) is 0. The van der Waals surface area contributed by atoms with Crippen LogP contribution in [-0.4, -0.2) is 17.5 Å². The molecule has 0 amide bonds. The van der Waals surface area contributed by atoms with E-state index in [1.165, 1.54) is 51.9 Å². The van der Waals surface area contributed by atoms with E-state index in [2.05, 4.69) is 6.92 Å². The highest BCUT2D eigenvalue weighted by Crippen LogP contribution is 2.32. The Labute approximate surface area is 174 Å². The molecule has 4 nitrogen and oxygen atoms in total. The summed E-state index contributed by atoms with van der Waals surface area (Å²) in [7, 11) is 0. The molecule has 1 aromatic carbocycles. The number of fused-ring (bicyclic) bond motifs is 1. The first-order valence-electron chi connectivity index (χ1n) is 11.1. The Morgan fingerprint density at radius 3 is 2.03 bits per heavy atom. The lowest BCUT2D eigenvalue weighted by molar-refractivity contribution is -0.136. The van der Waals surface area contributed by atoms with Crippen molar-refractivity contribution in [1.29, 1.82) is 0 Å². The Morgan fingerprint density at radius 2 is 1.45 bits per heavy atom. The van der Waals surface area contributed by atoms with Gasteiger partial charge in [-0.2, -0.15) is 0 Å². The summed E-state index contributed by atoms with van der Waals surface area (Å²) in [5, 5.41) is 0. The maximum atomic E-state index is 13.0. The molecule has 0 radical (unpaired) electrons. The minimum Gasteiger partial charge on any atom is -0.422 e. The van der Waals surface area contributed by atoms with Crippen LogP contribution in [0.5, 0.6) is 0 Å². The number of aryl methyl sites for hydroxylation is 1. The van der Waals surface area contributed by atoms with Crippen LogP contribution in [-0.2, 0) is 9.53 Å². The molecule has 0 N–H and O–H groups in total. The molecule has 29 heavy (non-hydrogen) atoms. The van der Waals surface area contributed by atoms with E-state index in [0.29, 0.717) is 23.1 Å². The van der Waals surface area contributed by atoms with Crippen LogP contribution in [0.3, 0.4) is 0 Å². The molecule has 0 aromatic heterocycles. The van der Waals surface area contributed by atoms with Gasteiger partial charge in [0.1, 0.15) is 0 Å². The summed E-state index contributed by atoms with van der Waals surface area (Å²) in [4.78, 5) is 37.4. The minimum atomic E-state index is -0.571. The molecular weight excluding hydrogens is 364 g/mol. The predicted molar refractivity (Wildman–Crippen MR) is 115 cm³/mol. The Morgan fingerprint density at radius 1 is 0.862 bits per heavy atom. The smallest absolute Gasteiger partial charge is 0.308 e. The van der Waals surface area contributed by atoms with Crippen molar-refractivity contribution in [2.45, 2.75) is 91.4 Å². The molecule has 0 bridgehead atoms. The molecule has 0 aliphatic heterocycles. The zero-order chi connectivity index (χ0) is 21.2. The fraction of sp³-hybridized carbons (Fsp3) is 0.560. The lowest BCUT2D eigenvalue weighted by Gasteiger charge is -2.21. The predicted octanol–water partition coefficient (Wildman–Crippen LogP) is 6.50. The number of hydrogen-bond acceptors (Lipinski definition) is 4. The summed E-state index contributed by atoms with van der Waals surface area (Å²) in [5.41, 5.74) is 1.86. The van der Waals surface area contributed by atoms with Crippen LogP contribution in [0, 0.1) is 6.92 Å². The molecule has 2 rings (SSSR count). The third-order valence-corrected chi connectivity index (χ3v) is 5.53. The van der Waals surface area contributed by atoms with Crippen molar-refractivity contribution in [2.75, 3.05) is 0 Å². The van der Waals surface area contributed by atoms with Crippen LogP contribution in [0.4, 0.5) is 0 Å². The van der Waals surface area contributed by atoms with Gasteiger partial charge in [-0.05, 0) is 25.3 Å². The van der Waals surface area contributed by atoms with E-state index in [9.17, 15) is 14.4 Å². The zero-order valence-corrected chi connectivity index (χ0v) is 18.1.